The molecule has 0 aliphatic rings. The smallest absolute Gasteiger partial charge is 0.444 e. The number of amides is 2. The molecule has 2 aromatic heterocycles. The Bertz CT molecular complexity index is 2210. The van der Waals surface area contributed by atoms with E-state index in [0.717, 1.165) is 18.2 Å². The van der Waals surface area contributed by atoms with Crippen LogP contribution < -0.4 is 10.2 Å². The quantitative estimate of drug-likeness (QED) is 0.102. The van der Waals surface area contributed by atoms with Crippen molar-refractivity contribution in [1.29, 1.82) is 0 Å². The third-order valence-corrected chi connectivity index (χ3v) is 14.3. The lowest BCUT2D eigenvalue weighted by Crippen LogP contribution is -2.47. The van der Waals surface area contributed by atoms with E-state index in [1.54, 1.807) is 39.0 Å². The molecule has 1 unspecified atom stereocenters. The van der Waals surface area contributed by atoms with E-state index in [4.69, 9.17) is 25.7 Å². The number of nitrogens with one attached hydrogen (secondary N) is 1. The summed E-state index contributed by atoms with van der Waals surface area (Å²) in [4.78, 5) is 31.4. The van der Waals surface area contributed by atoms with E-state index in [2.05, 4.69) is 56.1 Å². The number of benzene rings is 2. The number of hydrogen-bond donors (Lipinski definition) is 1. The molecule has 9 nitrogen and oxygen atoms in total. The van der Waals surface area contributed by atoms with Crippen molar-refractivity contribution >= 4 is 48.6 Å². The first-order valence-corrected chi connectivity index (χ1v) is 21.5. The predicted molar refractivity (Wildman–Crippen MR) is 214 cm³/mol. The second kappa shape index (κ2) is 16.4. The number of aromatic nitrogens is 3. The van der Waals surface area contributed by atoms with Gasteiger partial charge in [0.1, 0.15) is 28.5 Å². The molecule has 16 heteroatoms. The molecule has 0 fully saturated rings. The standard InChI is InChI=1S/C41H49ClF5N5O4Si/c1-13-52(36(53)41(45,46)47)35-32-30(42)17-16-29(34(32)51(10)50-35)28-15-14-27(18-19-40(8,9)56-57(11,12)39(5,6)7)48-33(28)31(49-37(54)55-38(2,3)4)22-24-20-25(43)23-26(44)21-24/h14-17,20-21,23,31H,13,22H2,1-12H3,(H,49,54). The first-order chi connectivity index (χ1) is 26.0. The van der Waals surface area contributed by atoms with E-state index in [1.165, 1.54) is 24.7 Å². The molecule has 1 atom stereocenters. The molecule has 2 heterocycles. The van der Waals surface area contributed by atoms with Crippen LogP contribution in [0.2, 0.25) is 23.2 Å². The van der Waals surface area contributed by atoms with Crippen molar-refractivity contribution in [2.45, 2.75) is 110 Å². The lowest BCUT2D eigenvalue weighted by Gasteiger charge is -2.40. The van der Waals surface area contributed by atoms with Crippen LogP contribution in [0, 0.1) is 23.5 Å². The van der Waals surface area contributed by atoms with E-state index in [0.29, 0.717) is 16.0 Å². The zero-order valence-electron chi connectivity index (χ0n) is 34.2. The first kappa shape index (κ1) is 45.2. The lowest BCUT2D eigenvalue weighted by atomic mass is 9.93. The highest BCUT2D eigenvalue weighted by molar-refractivity contribution is 6.74. The van der Waals surface area contributed by atoms with Gasteiger partial charge in [0.15, 0.2) is 14.1 Å². The van der Waals surface area contributed by atoms with Gasteiger partial charge in [0.2, 0.25) is 0 Å². The molecule has 2 amide bonds. The normalized spacial score (nSPS) is 13.2. The number of alkyl halides is 3. The number of alkyl carbamates (subject to hydrolysis) is 1. The van der Waals surface area contributed by atoms with Crippen molar-refractivity contribution in [1.82, 2.24) is 20.1 Å². The maximum atomic E-state index is 14.5. The Kier molecular flexibility index (Phi) is 13.0. The number of aryl methyl sites for hydroxylation is 1. The van der Waals surface area contributed by atoms with E-state index >= 15 is 0 Å². The van der Waals surface area contributed by atoms with Gasteiger partial charge < -0.3 is 14.5 Å². The summed E-state index contributed by atoms with van der Waals surface area (Å²) in [6.45, 7) is 20.3. The summed E-state index contributed by atoms with van der Waals surface area (Å²) in [5.41, 5.74) is -0.280. The summed E-state index contributed by atoms with van der Waals surface area (Å²) in [7, 11) is -0.779. The maximum absolute atomic E-state index is 14.5. The Labute approximate surface area is 336 Å². The molecule has 0 saturated carbocycles. The van der Waals surface area contributed by atoms with E-state index < -0.39 is 55.4 Å². The fraction of sp³-hybridized carbons (Fsp3) is 0.463. The largest absolute Gasteiger partial charge is 0.471 e. The van der Waals surface area contributed by atoms with Gasteiger partial charge in [-0.25, -0.2) is 18.6 Å². The molecular weight excluding hydrogens is 785 g/mol. The summed E-state index contributed by atoms with van der Waals surface area (Å²) in [5, 5.41) is 7.11. The molecule has 4 aromatic rings. The molecule has 0 aliphatic carbocycles. The number of rotatable bonds is 9. The number of carbonyl (C=O) groups excluding carboxylic acids is 2. The first-order valence-electron chi connectivity index (χ1n) is 18.3. The zero-order valence-corrected chi connectivity index (χ0v) is 36.0. The summed E-state index contributed by atoms with van der Waals surface area (Å²) in [5.74, 6) is 2.17. The van der Waals surface area contributed by atoms with Crippen LogP contribution in [0.1, 0.15) is 85.3 Å². The number of nitrogens with zero attached hydrogens (tertiary/aromatic N) is 4. The van der Waals surface area contributed by atoms with E-state index in [-0.39, 0.29) is 56.7 Å². The Morgan fingerprint density at radius 1 is 0.965 bits per heavy atom. The molecule has 0 saturated heterocycles. The van der Waals surface area contributed by atoms with Gasteiger partial charge in [-0.2, -0.15) is 18.3 Å². The van der Waals surface area contributed by atoms with Crippen LogP contribution in [0.3, 0.4) is 0 Å². The van der Waals surface area contributed by atoms with Crippen molar-refractivity contribution in [3.8, 4) is 23.0 Å². The monoisotopic (exact) mass is 833 g/mol. The van der Waals surface area contributed by atoms with Gasteiger partial charge in [0.05, 0.1) is 27.7 Å². The SMILES string of the molecule is CCN(C(=O)C(F)(F)F)c1nn(C)c2c(-c3ccc(C#CC(C)(C)O[Si](C)(C)C(C)(C)C)nc3C(Cc3cc(F)cc(F)c3)NC(=O)OC(C)(C)C)ccc(Cl)c12. The minimum atomic E-state index is -5.20. The number of ether oxygens (including phenoxy) is 1. The molecule has 57 heavy (non-hydrogen) atoms. The average Bonchev–Trinajstić information content (AvgIpc) is 3.38. The number of carbonyl (C=O) groups is 2. The van der Waals surface area contributed by atoms with Gasteiger partial charge in [-0.3, -0.25) is 14.4 Å². The summed E-state index contributed by atoms with van der Waals surface area (Å²) >= 11 is 6.65. The minimum absolute atomic E-state index is 0.0184. The highest BCUT2D eigenvalue weighted by atomic mass is 35.5. The fourth-order valence-electron chi connectivity index (χ4n) is 6.01. The van der Waals surface area contributed by atoms with Gasteiger partial charge >= 0.3 is 18.2 Å². The molecule has 308 valence electrons. The molecule has 2 aromatic carbocycles. The van der Waals surface area contributed by atoms with Crippen molar-refractivity contribution in [2.24, 2.45) is 7.05 Å². The van der Waals surface area contributed by atoms with Crippen molar-refractivity contribution in [3.63, 3.8) is 0 Å². The summed E-state index contributed by atoms with van der Waals surface area (Å²) in [6.07, 6.45) is -6.23. The molecular formula is C41H49ClF5N5O4Si. The lowest BCUT2D eigenvalue weighted by molar-refractivity contribution is -0.170. The molecule has 0 bridgehead atoms. The summed E-state index contributed by atoms with van der Waals surface area (Å²) < 4.78 is 83.8. The third kappa shape index (κ3) is 10.9. The number of pyridine rings is 1. The van der Waals surface area contributed by atoms with Gasteiger partial charge in [0, 0.05) is 30.8 Å². The molecule has 1 N–H and O–H groups in total. The minimum Gasteiger partial charge on any atom is -0.444 e. The Morgan fingerprint density at radius 2 is 1.56 bits per heavy atom. The van der Waals surface area contributed by atoms with Crippen LogP contribution in [0.15, 0.2) is 42.5 Å². The van der Waals surface area contributed by atoms with Crippen LogP contribution in [-0.4, -0.2) is 59.0 Å². The van der Waals surface area contributed by atoms with Crippen molar-refractivity contribution in [3.05, 3.63) is 76.1 Å². The summed E-state index contributed by atoms with van der Waals surface area (Å²) in [6, 6.07) is 8.21. The van der Waals surface area contributed by atoms with E-state index in [1.807, 2.05) is 13.8 Å². The van der Waals surface area contributed by atoms with Crippen LogP contribution in [0.4, 0.5) is 32.6 Å². The van der Waals surface area contributed by atoms with Crippen LogP contribution >= 0.6 is 11.6 Å². The molecule has 0 spiro atoms. The van der Waals surface area contributed by atoms with Crippen molar-refractivity contribution in [2.75, 3.05) is 11.4 Å². The predicted octanol–water partition coefficient (Wildman–Crippen LogP) is 10.4. The second-order valence-electron chi connectivity index (χ2n) is 16.7. The zero-order chi connectivity index (χ0) is 43.1. The third-order valence-electron chi connectivity index (χ3n) is 9.38. The highest BCUT2D eigenvalue weighted by Crippen LogP contribution is 2.42. The molecule has 0 aliphatic heterocycles. The topological polar surface area (TPSA) is 98.6 Å². The Hall–Kier alpha value is -4.52. The number of halogens is 6. The average molecular weight is 834 g/mol. The van der Waals surface area contributed by atoms with Crippen molar-refractivity contribution < 1.29 is 40.7 Å². The van der Waals surface area contributed by atoms with E-state index in [9.17, 15) is 31.5 Å². The Morgan fingerprint density at radius 3 is 2.11 bits per heavy atom. The number of fused-ring (bicyclic) bond motifs is 1. The van der Waals surface area contributed by atoms with Crippen LogP contribution in [-0.2, 0) is 27.4 Å². The van der Waals surface area contributed by atoms with Gasteiger partial charge in [-0.15, -0.1) is 0 Å². The van der Waals surface area contributed by atoms with Crippen LogP contribution in [0.25, 0.3) is 22.0 Å². The fourth-order valence-corrected chi connectivity index (χ4v) is 7.88. The van der Waals surface area contributed by atoms with Gasteiger partial charge in [-0.1, -0.05) is 44.4 Å². The second-order valence-corrected chi connectivity index (χ2v) is 21.9. The van der Waals surface area contributed by atoms with Gasteiger partial charge in [-0.05, 0) is 108 Å². The molecule has 0 radical (unpaired) electrons. The molecule has 4 rings (SSSR count). The highest BCUT2D eigenvalue weighted by Gasteiger charge is 2.44. The van der Waals surface area contributed by atoms with Crippen LogP contribution in [0.5, 0.6) is 0 Å². The Balaban J connectivity index is 2.04. The van der Waals surface area contributed by atoms with Gasteiger partial charge in [0.25, 0.3) is 0 Å². The maximum Gasteiger partial charge on any atom is 0.471 e. The number of hydrogen-bond acceptors (Lipinski definition) is 6. The number of anilines is 1.